The lowest BCUT2D eigenvalue weighted by atomic mass is 10.2. The van der Waals surface area contributed by atoms with Crippen molar-refractivity contribution in [2.75, 3.05) is 6.54 Å². The Morgan fingerprint density at radius 3 is 2.48 bits per heavy atom. The number of carboxylic acids is 1. The van der Waals surface area contributed by atoms with Gasteiger partial charge in [-0.25, -0.2) is 17.2 Å². The summed E-state index contributed by atoms with van der Waals surface area (Å²) in [6.07, 6.45) is 3.55. The molecule has 0 saturated carbocycles. The fourth-order valence-electron chi connectivity index (χ4n) is 2.92. The fourth-order valence-corrected chi connectivity index (χ4v) is 4.11. The number of likely N-dealkylation sites (tertiary alicyclic amines) is 1. The van der Waals surface area contributed by atoms with Gasteiger partial charge in [-0.1, -0.05) is 17.7 Å². The quantitative estimate of drug-likeness (QED) is 0.893. The zero-order valence-corrected chi connectivity index (χ0v) is 14.4. The molecule has 1 saturated heterocycles. The molecule has 3 rings (SSSR count). The number of aliphatic carboxylic acids is 1. The molecule has 2 heterocycles. The minimum Gasteiger partial charge on any atom is -0.480 e. The smallest absolute Gasteiger partial charge is 0.326 e. The highest BCUT2D eigenvalue weighted by atomic mass is 32.2. The number of aryl methyl sites for hydroxylation is 1. The van der Waals surface area contributed by atoms with Crippen LogP contribution in [-0.2, 0) is 14.8 Å². The van der Waals surface area contributed by atoms with E-state index in [1.165, 1.54) is 35.5 Å². The average Bonchev–Trinajstić information content (AvgIpc) is 3.24. The molecule has 1 fully saturated rings. The molecule has 1 unspecified atom stereocenters. The summed E-state index contributed by atoms with van der Waals surface area (Å²) in [5.41, 5.74) is 1.10. The standard InChI is InChI=1S/C17H18N2O5S/c1-12-4-6-14(7-5-12)25(23,24)18-10-8-13(11-18)16(20)19-9-2-3-15(19)17(21)22/h4-8,10-11,15H,2-3,9H2,1H3,(H,21,22). The average molecular weight is 362 g/mol. The molecule has 2 aromatic rings. The molecule has 1 aromatic heterocycles. The van der Waals surface area contributed by atoms with Crippen LogP contribution in [0.4, 0.5) is 0 Å². The van der Waals surface area contributed by atoms with Crippen molar-refractivity contribution in [1.82, 2.24) is 8.87 Å². The summed E-state index contributed by atoms with van der Waals surface area (Å²) >= 11 is 0. The molecule has 1 N–H and O–H groups in total. The van der Waals surface area contributed by atoms with E-state index in [1.807, 2.05) is 6.92 Å². The number of hydrogen-bond acceptors (Lipinski definition) is 4. The topological polar surface area (TPSA) is 96.7 Å². The normalized spacial score (nSPS) is 17.6. The van der Waals surface area contributed by atoms with Gasteiger partial charge in [0.2, 0.25) is 0 Å². The molecule has 0 aliphatic carbocycles. The predicted octanol–water partition coefficient (Wildman–Crippen LogP) is 1.72. The first-order valence-corrected chi connectivity index (χ1v) is 9.29. The van der Waals surface area contributed by atoms with E-state index >= 15 is 0 Å². The molecule has 0 bridgehead atoms. The molecule has 1 aliphatic heterocycles. The first-order valence-electron chi connectivity index (χ1n) is 7.85. The van der Waals surface area contributed by atoms with Crippen molar-refractivity contribution in [3.8, 4) is 0 Å². The second-order valence-electron chi connectivity index (χ2n) is 6.04. The first-order chi connectivity index (χ1) is 11.8. The molecule has 1 aromatic carbocycles. The highest BCUT2D eigenvalue weighted by Gasteiger charge is 2.35. The van der Waals surface area contributed by atoms with Gasteiger partial charge in [0.25, 0.3) is 15.9 Å². The van der Waals surface area contributed by atoms with Gasteiger partial charge >= 0.3 is 5.97 Å². The van der Waals surface area contributed by atoms with E-state index < -0.39 is 27.9 Å². The number of amides is 1. The molecule has 0 spiro atoms. The Morgan fingerprint density at radius 2 is 1.84 bits per heavy atom. The second kappa shape index (κ2) is 6.36. The number of hydrogen-bond donors (Lipinski definition) is 1. The van der Waals surface area contributed by atoms with E-state index in [1.54, 1.807) is 12.1 Å². The van der Waals surface area contributed by atoms with E-state index in [9.17, 15) is 23.1 Å². The summed E-state index contributed by atoms with van der Waals surface area (Å²) in [4.78, 5) is 25.2. The van der Waals surface area contributed by atoms with E-state index in [-0.39, 0.29) is 10.5 Å². The summed E-state index contributed by atoms with van der Waals surface area (Å²) in [5.74, 6) is -1.51. The minimum atomic E-state index is -3.79. The summed E-state index contributed by atoms with van der Waals surface area (Å²) in [6, 6.07) is 6.95. The van der Waals surface area contributed by atoms with Gasteiger partial charge in [0, 0.05) is 18.9 Å². The molecule has 1 amide bonds. The number of carbonyl (C=O) groups is 2. The maximum absolute atomic E-state index is 12.6. The van der Waals surface area contributed by atoms with Gasteiger partial charge in [0.1, 0.15) is 6.04 Å². The Kier molecular flexibility index (Phi) is 4.38. The molecular formula is C17H18N2O5S. The number of carbonyl (C=O) groups excluding carboxylic acids is 1. The van der Waals surface area contributed by atoms with Crippen LogP contribution >= 0.6 is 0 Å². The maximum atomic E-state index is 12.6. The summed E-state index contributed by atoms with van der Waals surface area (Å²) in [5, 5.41) is 9.19. The molecule has 1 atom stereocenters. The number of nitrogens with zero attached hydrogens (tertiary/aromatic N) is 2. The number of aromatic nitrogens is 1. The lowest BCUT2D eigenvalue weighted by molar-refractivity contribution is -0.141. The van der Waals surface area contributed by atoms with E-state index in [0.717, 1.165) is 9.54 Å². The van der Waals surface area contributed by atoms with Gasteiger partial charge in [-0.3, -0.25) is 4.79 Å². The number of carboxylic acid groups (broad SMARTS) is 1. The van der Waals surface area contributed by atoms with Crippen LogP contribution in [-0.4, -0.2) is 46.9 Å². The van der Waals surface area contributed by atoms with Crippen LogP contribution < -0.4 is 0 Å². The van der Waals surface area contributed by atoms with Gasteiger partial charge in [-0.15, -0.1) is 0 Å². The third-order valence-electron chi connectivity index (χ3n) is 4.31. The van der Waals surface area contributed by atoms with Gasteiger partial charge in [0.15, 0.2) is 0 Å². The summed E-state index contributed by atoms with van der Waals surface area (Å²) in [6.45, 7) is 2.21. The van der Waals surface area contributed by atoms with Crippen LogP contribution in [0, 0.1) is 6.92 Å². The van der Waals surface area contributed by atoms with Gasteiger partial charge in [-0.05, 0) is 38.0 Å². The van der Waals surface area contributed by atoms with Crippen molar-refractivity contribution in [3.63, 3.8) is 0 Å². The third kappa shape index (κ3) is 3.17. The maximum Gasteiger partial charge on any atom is 0.326 e. The highest BCUT2D eigenvalue weighted by Crippen LogP contribution is 2.22. The Bertz CT molecular complexity index is 915. The Morgan fingerprint density at radius 1 is 1.16 bits per heavy atom. The summed E-state index contributed by atoms with van der Waals surface area (Å²) in [7, 11) is -3.79. The molecule has 132 valence electrons. The van der Waals surface area contributed by atoms with Crippen molar-refractivity contribution < 1.29 is 23.1 Å². The first kappa shape index (κ1) is 17.2. The predicted molar refractivity (Wildman–Crippen MR) is 89.9 cm³/mol. The largest absolute Gasteiger partial charge is 0.480 e. The zero-order valence-electron chi connectivity index (χ0n) is 13.6. The van der Waals surface area contributed by atoms with Gasteiger partial charge < -0.3 is 10.0 Å². The van der Waals surface area contributed by atoms with Crippen molar-refractivity contribution in [2.45, 2.75) is 30.7 Å². The molecule has 0 radical (unpaired) electrons. The van der Waals surface area contributed by atoms with Crippen LogP contribution in [0.5, 0.6) is 0 Å². The van der Waals surface area contributed by atoms with Crippen LogP contribution in [0.15, 0.2) is 47.6 Å². The van der Waals surface area contributed by atoms with Crippen molar-refractivity contribution >= 4 is 21.9 Å². The van der Waals surface area contributed by atoms with Gasteiger partial charge in [0.05, 0.1) is 10.5 Å². The Balaban J connectivity index is 1.88. The zero-order chi connectivity index (χ0) is 18.2. The van der Waals surface area contributed by atoms with Crippen LogP contribution in [0.3, 0.4) is 0 Å². The summed E-state index contributed by atoms with van der Waals surface area (Å²) < 4.78 is 26.2. The van der Waals surface area contributed by atoms with Crippen LogP contribution in [0.1, 0.15) is 28.8 Å². The fraction of sp³-hybridized carbons (Fsp3) is 0.294. The van der Waals surface area contributed by atoms with Gasteiger partial charge in [-0.2, -0.15) is 0 Å². The lowest BCUT2D eigenvalue weighted by Gasteiger charge is -2.20. The van der Waals surface area contributed by atoms with Crippen molar-refractivity contribution in [3.05, 3.63) is 53.9 Å². The molecule has 1 aliphatic rings. The minimum absolute atomic E-state index is 0.122. The van der Waals surface area contributed by atoms with Crippen molar-refractivity contribution in [1.29, 1.82) is 0 Å². The molecule has 25 heavy (non-hydrogen) atoms. The number of benzene rings is 1. The number of rotatable bonds is 4. The molecule has 8 heteroatoms. The van der Waals surface area contributed by atoms with Crippen LogP contribution in [0.25, 0.3) is 0 Å². The monoisotopic (exact) mass is 362 g/mol. The Hall–Kier alpha value is -2.61. The highest BCUT2D eigenvalue weighted by molar-refractivity contribution is 7.90. The Labute approximate surface area is 145 Å². The molecule has 7 nitrogen and oxygen atoms in total. The SMILES string of the molecule is Cc1ccc(S(=O)(=O)n2ccc(C(=O)N3CCCC3C(=O)O)c2)cc1. The molecular weight excluding hydrogens is 344 g/mol. The van der Waals surface area contributed by atoms with Crippen molar-refractivity contribution in [2.24, 2.45) is 0 Å². The van der Waals surface area contributed by atoms with Crippen LogP contribution in [0.2, 0.25) is 0 Å². The lowest BCUT2D eigenvalue weighted by Crippen LogP contribution is -2.40. The third-order valence-corrected chi connectivity index (χ3v) is 5.96. The second-order valence-corrected chi connectivity index (χ2v) is 7.89. The van der Waals surface area contributed by atoms with E-state index in [0.29, 0.717) is 19.4 Å². The van der Waals surface area contributed by atoms with E-state index in [2.05, 4.69) is 0 Å². The van der Waals surface area contributed by atoms with E-state index in [4.69, 9.17) is 0 Å².